The minimum atomic E-state index is -0.625. The second-order valence-corrected chi connectivity index (χ2v) is 5.08. The first-order valence-corrected chi connectivity index (χ1v) is 7.16. The first-order chi connectivity index (χ1) is 11.5. The minimum Gasteiger partial charge on any atom is -0.497 e. The predicted octanol–water partition coefficient (Wildman–Crippen LogP) is 3.53. The summed E-state index contributed by atoms with van der Waals surface area (Å²) in [5.41, 5.74) is -0.0214. The Kier molecular flexibility index (Phi) is 5.59. The summed E-state index contributed by atoms with van der Waals surface area (Å²) in [6.45, 7) is -0.384. The van der Waals surface area contributed by atoms with Crippen LogP contribution in [0, 0.1) is 10.1 Å². The molecule has 0 unspecified atom stereocenters. The van der Waals surface area contributed by atoms with Crippen LogP contribution in [0.4, 0.5) is 5.69 Å². The molecule has 0 aliphatic heterocycles. The molecule has 0 radical (unpaired) electrons. The van der Waals surface area contributed by atoms with Crippen molar-refractivity contribution in [1.82, 2.24) is 0 Å². The molecule has 0 saturated heterocycles. The largest absolute Gasteiger partial charge is 0.497 e. The van der Waals surface area contributed by atoms with Gasteiger partial charge in [0.25, 0.3) is 0 Å². The first-order valence-electron chi connectivity index (χ1n) is 6.78. The smallest absolute Gasteiger partial charge is 0.312 e. The van der Waals surface area contributed by atoms with E-state index in [4.69, 9.17) is 25.8 Å². The van der Waals surface area contributed by atoms with E-state index in [-0.39, 0.29) is 28.6 Å². The summed E-state index contributed by atoms with van der Waals surface area (Å²) >= 11 is 5.73. The van der Waals surface area contributed by atoms with Gasteiger partial charge in [-0.3, -0.25) is 14.9 Å². The molecule has 2 rings (SSSR count). The van der Waals surface area contributed by atoms with Crippen LogP contribution < -0.4 is 14.2 Å². The number of ketones is 1. The monoisotopic (exact) mass is 351 g/mol. The van der Waals surface area contributed by atoms with E-state index in [0.29, 0.717) is 11.5 Å². The van der Waals surface area contributed by atoms with Crippen molar-refractivity contribution in [3.05, 3.63) is 57.1 Å². The van der Waals surface area contributed by atoms with Crippen LogP contribution in [0.3, 0.4) is 0 Å². The highest BCUT2D eigenvalue weighted by Gasteiger charge is 2.19. The quantitative estimate of drug-likeness (QED) is 0.431. The van der Waals surface area contributed by atoms with Crippen molar-refractivity contribution in [2.45, 2.75) is 0 Å². The van der Waals surface area contributed by atoms with Gasteiger partial charge in [-0.15, -0.1) is 0 Å². The molecule has 0 amide bonds. The second kappa shape index (κ2) is 7.65. The summed E-state index contributed by atoms with van der Waals surface area (Å²) in [6.07, 6.45) is 0. The van der Waals surface area contributed by atoms with E-state index in [1.165, 1.54) is 26.4 Å². The number of nitrogens with zero attached hydrogens (tertiary/aromatic N) is 1. The number of Topliss-reactive ketones (excluding diaryl/α,β-unsaturated/α-hetero) is 1. The minimum absolute atomic E-state index is 0.0368. The van der Waals surface area contributed by atoms with Crippen LogP contribution in [0.2, 0.25) is 5.02 Å². The number of carbonyl (C=O) groups excluding carboxylic acids is 1. The molecule has 0 fully saturated rings. The van der Waals surface area contributed by atoms with Crippen LogP contribution >= 0.6 is 11.6 Å². The van der Waals surface area contributed by atoms with Gasteiger partial charge in [0.2, 0.25) is 5.78 Å². The van der Waals surface area contributed by atoms with Gasteiger partial charge < -0.3 is 14.2 Å². The second-order valence-electron chi connectivity index (χ2n) is 4.65. The van der Waals surface area contributed by atoms with Crippen LogP contribution in [0.5, 0.6) is 17.2 Å². The zero-order valence-electron chi connectivity index (χ0n) is 12.9. The number of methoxy groups -OCH3 is 2. The van der Waals surface area contributed by atoms with E-state index >= 15 is 0 Å². The third-order valence-electron chi connectivity index (χ3n) is 3.19. The highest BCUT2D eigenvalue weighted by molar-refractivity contribution is 6.30. The van der Waals surface area contributed by atoms with Gasteiger partial charge in [0.15, 0.2) is 12.4 Å². The maximum Gasteiger partial charge on any atom is 0.312 e. The van der Waals surface area contributed by atoms with Gasteiger partial charge in [-0.05, 0) is 24.3 Å². The molecular formula is C16H14ClNO6. The van der Waals surface area contributed by atoms with Crippen LogP contribution in [0.15, 0.2) is 36.4 Å². The van der Waals surface area contributed by atoms with Gasteiger partial charge >= 0.3 is 5.69 Å². The highest BCUT2D eigenvalue weighted by atomic mass is 35.5. The predicted molar refractivity (Wildman–Crippen MR) is 87.5 cm³/mol. The van der Waals surface area contributed by atoms with Gasteiger partial charge in [0.05, 0.1) is 24.7 Å². The van der Waals surface area contributed by atoms with Crippen molar-refractivity contribution in [1.29, 1.82) is 0 Å². The van der Waals surface area contributed by atoms with Gasteiger partial charge in [0, 0.05) is 17.2 Å². The van der Waals surface area contributed by atoms with Crippen LogP contribution in [0.1, 0.15) is 10.4 Å². The fourth-order valence-corrected chi connectivity index (χ4v) is 2.17. The molecule has 0 heterocycles. The van der Waals surface area contributed by atoms with Crippen LogP contribution in [-0.4, -0.2) is 31.5 Å². The zero-order chi connectivity index (χ0) is 17.7. The number of rotatable bonds is 7. The summed E-state index contributed by atoms with van der Waals surface area (Å²) < 4.78 is 15.5. The Labute approximate surface area is 142 Å². The standard InChI is InChI=1S/C16H14ClNO6/c1-22-11-4-5-12(16(8-11)23-2)14(19)9-24-15-6-3-10(17)7-13(15)18(20)21/h3-8H,9H2,1-2H3. The summed E-state index contributed by atoms with van der Waals surface area (Å²) in [4.78, 5) is 22.7. The normalized spacial score (nSPS) is 10.1. The van der Waals surface area contributed by atoms with Crippen LogP contribution in [-0.2, 0) is 0 Å². The summed E-state index contributed by atoms with van der Waals surface area (Å²) in [5.74, 6) is 0.440. The fraction of sp³-hybridized carbons (Fsp3) is 0.188. The molecule has 0 spiro atoms. The molecule has 0 saturated carbocycles. The fourth-order valence-electron chi connectivity index (χ4n) is 2.01. The van der Waals surface area contributed by atoms with Crippen molar-refractivity contribution in [2.75, 3.05) is 20.8 Å². The van der Waals surface area contributed by atoms with E-state index in [2.05, 4.69) is 0 Å². The van der Waals surface area contributed by atoms with E-state index in [0.717, 1.165) is 6.07 Å². The Morgan fingerprint density at radius 3 is 2.50 bits per heavy atom. The number of ether oxygens (including phenoxy) is 3. The molecule has 2 aromatic carbocycles. The molecule has 0 N–H and O–H groups in total. The number of hydrogen-bond acceptors (Lipinski definition) is 6. The molecule has 0 atom stereocenters. The Bertz CT molecular complexity index is 777. The maximum absolute atomic E-state index is 12.3. The van der Waals surface area contributed by atoms with E-state index in [9.17, 15) is 14.9 Å². The van der Waals surface area contributed by atoms with Crippen molar-refractivity contribution in [3.8, 4) is 17.2 Å². The Morgan fingerprint density at radius 2 is 1.88 bits per heavy atom. The molecule has 0 aromatic heterocycles. The summed E-state index contributed by atoms with van der Waals surface area (Å²) in [5, 5.41) is 11.2. The lowest BCUT2D eigenvalue weighted by atomic mass is 10.1. The number of hydrogen-bond donors (Lipinski definition) is 0. The van der Waals surface area contributed by atoms with Crippen molar-refractivity contribution >= 4 is 23.1 Å². The molecule has 0 aliphatic carbocycles. The number of carbonyl (C=O) groups is 1. The van der Waals surface area contributed by atoms with Gasteiger partial charge in [-0.25, -0.2) is 0 Å². The average Bonchev–Trinajstić information content (AvgIpc) is 2.59. The lowest BCUT2D eigenvalue weighted by molar-refractivity contribution is -0.385. The number of nitro benzene ring substituents is 1. The lowest BCUT2D eigenvalue weighted by Crippen LogP contribution is -2.13. The van der Waals surface area contributed by atoms with E-state index < -0.39 is 10.7 Å². The van der Waals surface area contributed by atoms with Crippen molar-refractivity contribution in [2.24, 2.45) is 0 Å². The van der Waals surface area contributed by atoms with E-state index in [1.807, 2.05) is 0 Å². The first kappa shape index (κ1) is 17.6. The molecule has 2 aromatic rings. The van der Waals surface area contributed by atoms with Gasteiger partial charge in [0.1, 0.15) is 11.5 Å². The molecule has 7 nitrogen and oxygen atoms in total. The Morgan fingerprint density at radius 1 is 1.12 bits per heavy atom. The topological polar surface area (TPSA) is 87.9 Å². The maximum atomic E-state index is 12.3. The molecule has 24 heavy (non-hydrogen) atoms. The third kappa shape index (κ3) is 3.94. The Balaban J connectivity index is 2.18. The number of benzene rings is 2. The summed E-state index contributed by atoms with van der Waals surface area (Å²) in [6, 6.07) is 8.68. The summed E-state index contributed by atoms with van der Waals surface area (Å²) in [7, 11) is 2.93. The zero-order valence-corrected chi connectivity index (χ0v) is 13.7. The van der Waals surface area contributed by atoms with Crippen molar-refractivity contribution < 1.29 is 23.9 Å². The molecule has 126 valence electrons. The molecular weight excluding hydrogens is 338 g/mol. The molecule has 8 heteroatoms. The average molecular weight is 352 g/mol. The van der Waals surface area contributed by atoms with Crippen molar-refractivity contribution in [3.63, 3.8) is 0 Å². The lowest BCUT2D eigenvalue weighted by Gasteiger charge is -2.10. The molecule has 0 aliphatic rings. The highest BCUT2D eigenvalue weighted by Crippen LogP contribution is 2.30. The number of halogens is 1. The molecule has 0 bridgehead atoms. The van der Waals surface area contributed by atoms with Gasteiger partial charge in [-0.1, -0.05) is 11.6 Å². The van der Waals surface area contributed by atoms with Crippen LogP contribution in [0.25, 0.3) is 0 Å². The van der Waals surface area contributed by atoms with Gasteiger partial charge in [-0.2, -0.15) is 0 Å². The number of nitro groups is 1. The Hall–Kier alpha value is -2.80. The third-order valence-corrected chi connectivity index (χ3v) is 3.42. The SMILES string of the molecule is COc1ccc(C(=O)COc2ccc(Cl)cc2[N+](=O)[O-])c(OC)c1. The van der Waals surface area contributed by atoms with E-state index in [1.54, 1.807) is 18.2 Å².